The van der Waals surface area contributed by atoms with E-state index in [0.717, 1.165) is 36.7 Å². The van der Waals surface area contributed by atoms with Crippen LogP contribution in [0.2, 0.25) is 0 Å². The van der Waals surface area contributed by atoms with Crippen LogP contribution in [0, 0.1) is 0 Å². The second-order valence-electron chi connectivity index (χ2n) is 6.44. The summed E-state index contributed by atoms with van der Waals surface area (Å²) in [6.07, 6.45) is 6.45. The number of fused-ring (bicyclic) bond motifs is 1. The Hall–Kier alpha value is -2.73. The molecule has 0 spiro atoms. The lowest BCUT2D eigenvalue weighted by molar-refractivity contribution is 0.0717. The van der Waals surface area contributed by atoms with Gasteiger partial charge in [-0.2, -0.15) is 0 Å². The average molecular weight is 336 g/mol. The minimum atomic E-state index is -0.456. The third-order valence-electron chi connectivity index (χ3n) is 4.76. The predicted octanol–water partition coefficient (Wildman–Crippen LogP) is 2.45. The lowest BCUT2D eigenvalue weighted by atomic mass is 9.92. The van der Waals surface area contributed by atoms with Crippen LogP contribution in [0.5, 0.6) is 0 Å². The molecule has 0 bridgehead atoms. The van der Waals surface area contributed by atoms with Crippen molar-refractivity contribution in [2.75, 3.05) is 0 Å². The number of carbonyl (C=O) groups is 1. The van der Waals surface area contributed by atoms with Crippen LogP contribution in [0.4, 0.5) is 0 Å². The molecule has 1 fully saturated rings. The van der Waals surface area contributed by atoms with Gasteiger partial charge in [0.2, 0.25) is 0 Å². The van der Waals surface area contributed by atoms with Gasteiger partial charge in [-0.25, -0.2) is 9.97 Å². The van der Waals surface area contributed by atoms with Gasteiger partial charge < -0.3 is 10.4 Å². The first kappa shape index (κ1) is 15.8. The van der Waals surface area contributed by atoms with E-state index in [0.29, 0.717) is 11.4 Å². The summed E-state index contributed by atoms with van der Waals surface area (Å²) in [5.41, 5.74) is 2.36. The van der Waals surface area contributed by atoms with E-state index in [4.69, 9.17) is 0 Å². The first-order chi connectivity index (χ1) is 12.2. The van der Waals surface area contributed by atoms with Gasteiger partial charge >= 0.3 is 0 Å². The van der Waals surface area contributed by atoms with Crippen molar-refractivity contribution in [1.29, 1.82) is 0 Å². The molecule has 0 radical (unpaired) electrons. The molecule has 0 aliphatic heterocycles. The van der Waals surface area contributed by atoms with Gasteiger partial charge in [-0.1, -0.05) is 25.0 Å². The SMILES string of the molecule is O=C(NC1CCCCC1O)c1ccc(-n2cnc3ccccc32)nc1. The maximum Gasteiger partial charge on any atom is 0.253 e. The fourth-order valence-corrected chi connectivity index (χ4v) is 3.34. The number of nitrogens with one attached hydrogen (secondary N) is 1. The van der Waals surface area contributed by atoms with Crippen LogP contribution in [0.15, 0.2) is 48.9 Å². The summed E-state index contributed by atoms with van der Waals surface area (Å²) >= 11 is 0. The molecular formula is C19H20N4O2. The zero-order valence-electron chi connectivity index (χ0n) is 13.8. The van der Waals surface area contributed by atoms with E-state index in [1.807, 2.05) is 28.8 Å². The highest BCUT2D eigenvalue weighted by Gasteiger charge is 2.24. The number of hydrogen-bond acceptors (Lipinski definition) is 4. The summed E-state index contributed by atoms with van der Waals surface area (Å²) in [6, 6.07) is 11.2. The number of hydrogen-bond donors (Lipinski definition) is 2. The molecule has 0 saturated heterocycles. The number of rotatable bonds is 3. The third kappa shape index (κ3) is 3.13. The highest BCUT2D eigenvalue weighted by molar-refractivity contribution is 5.94. The van der Waals surface area contributed by atoms with Gasteiger partial charge in [0.15, 0.2) is 0 Å². The minimum Gasteiger partial charge on any atom is -0.391 e. The van der Waals surface area contributed by atoms with Gasteiger partial charge in [0.25, 0.3) is 5.91 Å². The molecule has 1 amide bonds. The van der Waals surface area contributed by atoms with Crippen molar-refractivity contribution in [3.8, 4) is 5.82 Å². The fourth-order valence-electron chi connectivity index (χ4n) is 3.34. The molecule has 1 saturated carbocycles. The van der Waals surface area contributed by atoms with Crippen molar-refractivity contribution >= 4 is 16.9 Å². The summed E-state index contributed by atoms with van der Waals surface area (Å²) in [4.78, 5) is 21.1. The fraction of sp³-hybridized carbons (Fsp3) is 0.316. The van der Waals surface area contributed by atoms with E-state index in [9.17, 15) is 9.90 Å². The van der Waals surface area contributed by atoms with E-state index < -0.39 is 6.10 Å². The molecule has 4 rings (SSSR count). The van der Waals surface area contributed by atoms with Crippen molar-refractivity contribution in [2.45, 2.75) is 37.8 Å². The zero-order valence-corrected chi connectivity index (χ0v) is 13.8. The number of aromatic nitrogens is 3. The molecule has 3 aromatic rings. The van der Waals surface area contributed by atoms with Gasteiger partial charge in [-0.3, -0.25) is 9.36 Å². The molecule has 128 valence electrons. The van der Waals surface area contributed by atoms with Crippen molar-refractivity contribution in [1.82, 2.24) is 19.9 Å². The second kappa shape index (κ2) is 6.64. The monoisotopic (exact) mass is 336 g/mol. The van der Waals surface area contributed by atoms with Crippen LogP contribution >= 0.6 is 0 Å². The van der Waals surface area contributed by atoms with E-state index in [1.54, 1.807) is 24.7 Å². The van der Waals surface area contributed by atoms with E-state index in [1.165, 1.54) is 0 Å². The lowest BCUT2D eigenvalue weighted by Crippen LogP contribution is -2.45. The van der Waals surface area contributed by atoms with Crippen LogP contribution < -0.4 is 5.32 Å². The summed E-state index contributed by atoms with van der Waals surface area (Å²) in [5, 5.41) is 12.9. The van der Waals surface area contributed by atoms with Gasteiger partial charge in [0, 0.05) is 6.20 Å². The number of pyridine rings is 1. The Morgan fingerprint density at radius 2 is 1.96 bits per heavy atom. The van der Waals surface area contributed by atoms with E-state index >= 15 is 0 Å². The average Bonchev–Trinajstić information content (AvgIpc) is 3.08. The van der Waals surface area contributed by atoms with Crippen LogP contribution in [0.1, 0.15) is 36.0 Å². The number of aliphatic hydroxyl groups excluding tert-OH is 1. The third-order valence-corrected chi connectivity index (χ3v) is 4.76. The van der Waals surface area contributed by atoms with Gasteiger partial charge in [0.05, 0.1) is 28.7 Å². The molecule has 2 N–H and O–H groups in total. The zero-order chi connectivity index (χ0) is 17.2. The van der Waals surface area contributed by atoms with E-state index in [-0.39, 0.29) is 11.9 Å². The molecule has 6 nitrogen and oxygen atoms in total. The maximum absolute atomic E-state index is 12.4. The maximum atomic E-state index is 12.4. The number of benzene rings is 1. The Labute approximate surface area is 145 Å². The van der Waals surface area contributed by atoms with E-state index in [2.05, 4.69) is 15.3 Å². The molecule has 1 aliphatic carbocycles. The normalized spacial score (nSPS) is 20.5. The highest BCUT2D eigenvalue weighted by atomic mass is 16.3. The van der Waals surface area contributed by atoms with Crippen molar-refractivity contribution in [2.24, 2.45) is 0 Å². The summed E-state index contributed by atoms with van der Waals surface area (Å²) in [7, 11) is 0. The summed E-state index contributed by atoms with van der Waals surface area (Å²) in [5.74, 6) is 0.517. The minimum absolute atomic E-state index is 0.168. The molecule has 25 heavy (non-hydrogen) atoms. The second-order valence-corrected chi connectivity index (χ2v) is 6.44. The first-order valence-corrected chi connectivity index (χ1v) is 8.60. The number of nitrogens with zero attached hydrogens (tertiary/aromatic N) is 3. The Bertz CT molecular complexity index is 888. The van der Waals surface area contributed by atoms with Crippen LogP contribution in [-0.2, 0) is 0 Å². The van der Waals surface area contributed by atoms with Crippen molar-refractivity contribution in [3.05, 3.63) is 54.5 Å². The number of carbonyl (C=O) groups excluding carboxylic acids is 1. The quantitative estimate of drug-likeness (QED) is 0.770. The molecule has 1 aromatic carbocycles. The number of aliphatic hydroxyl groups is 1. The smallest absolute Gasteiger partial charge is 0.253 e. The van der Waals surface area contributed by atoms with Crippen molar-refractivity contribution in [3.63, 3.8) is 0 Å². The Kier molecular flexibility index (Phi) is 4.19. The molecular weight excluding hydrogens is 316 g/mol. The Balaban J connectivity index is 1.52. The molecule has 6 heteroatoms. The van der Waals surface area contributed by atoms with Crippen LogP contribution in [0.3, 0.4) is 0 Å². The molecule has 2 atom stereocenters. The number of amides is 1. The number of para-hydroxylation sites is 2. The topological polar surface area (TPSA) is 80.0 Å². The summed E-state index contributed by atoms with van der Waals surface area (Å²) < 4.78 is 1.89. The molecule has 2 heterocycles. The standard InChI is InChI=1S/C19H20N4O2/c24-17-8-4-2-6-15(17)22-19(25)13-9-10-18(20-11-13)23-12-21-14-5-1-3-7-16(14)23/h1,3,5,7,9-12,15,17,24H,2,4,6,8H2,(H,22,25). The highest BCUT2D eigenvalue weighted by Crippen LogP contribution is 2.19. The van der Waals surface area contributed by atoms with Gasteiger partial charge in [-0.15, -0.1) is 0 Å². The molecule has 2 aromatic heterocycles. The molecule has 2 unspecified atom stereocenters. The number of imidazole rings is 1. The predicted molar refractivity (Wildman–Crippen MR) is 94.6 cm³/mol. The van der Waals surface area contributed by atoms with Crippen molar-refractivity contribution < 1.29 is 9.90 Å². The Morgan fingerprint density at radius 3 is 2.76 bits per heavy atom. The van der Waals surface area contributed by atoms with Crippen LogP contribution in [-0.4, -0.2) is 37.7 Å². The largest absolute Gasteiger partial charge is 0.391 e. The van der Waals surface area contributed by atoms with Gasteiger partial charge in [0.1, 0.15) is 12.1 Å². The first-order valence-electron chi connectivity index (χ1n) is 8.60. The van der Waals surface area contributed by atoms with Crippen LogP contribution in [0.25, 0.3) is 16.9 Å². The van der Waals surface area contributed by atoms with Gasteiger partial charge in [-0.05, 0) is 37.1 Å². The Morgan fingerprint density at radius 1 is 1.12 bits per heavy atom. The lowest BCUT2D eigenvalue weighted by Gasteiger charge is -2.28. The molecule has 1 aliphatic rings. The summed E-state index contributed by atoms with van der Waals surface area (Å²) in [6.45, 7) is 0.